The number of nitrogens with zero attached hydrogens (tertiary/aromatic N) is 3. The minimum atomic E-state index is 0.113. The third kappa shape index (κ3) is 4.08. The Labute approximate surface area is 128 Å². The van der Waals surface area contributed by atoms with E-state index in [9.17, 15) is 4.79 Å². The predicted octanol–water partition coefficient (Wildman–Crippen LogP) is 3.89. The van der Waals surface area contributed by atoms with Crippen molar-refractivity contribution in [3.63, 3.8) is 0 Å². The zero-order chi connectivity index (χ0) is 15.4. The van der Waals surface area contributed by atoms with Crippen LogP contribution in [0.1, 0.15) is 76.3 Å². The van der Waals surface area contributed by atoms with Crippen LogP contribution in [0.3, 0.4) is 0 Å². The first-order chi connectivity index (χ1) is 9.99. The van der Waals surface area contributed by atoms with Crippen molar-refractivity contribution in [3.8, 4) is 0 Å². The molecule has 118 valence electrons. The molecule has 0 radical (unpaired) electrons. The molecule has 0 N–H and O–H groups in total. The monoisotopic (exact) mass is 291 g/mol. The van der Waals surface area contributed by atoms with Crippen molar-refractivity contribution in [2.75, 3.05) is 6.54 Å². The van der Waals surface area contributed by atoms with Gasteiger partial charge in [-0.3, -0.25) is 4.79 Å². The molecule has 1 amide bonds. The summed E-state index contributed by atoms with van der Waals surface area (Å²) in [4.78, 5) is 19.2. The van der Waals surface area contributed by atoms with E-state index >= 15 is 0 Å². The topological polar surface area (TPSA) is 38.1 Å². The molecule has 0 aromatic carbocycles. The second-order valence-electron chi connectivity index (χ2n) is 6.93. The molecule has 1 aliphatic rings. The van der Waals surface area contributed by atoms with E-state index in [0.717, 1.165) is 25.8 Å². The normalized spacial score (nSPS) is 20.1. The van der Waals surface area contributed by atoms with Crippen molar-refractivity contribution in [2.24, 2.45) is 5.92 Å². The highest BCUT2D eigenvalue weighted by molar-refractivity contribution is 5.92. The minimum absolute atomic E-state index is 0.113. The van der Waals surface area contributed by atoms with Gasteiger partial charge in [-0.2, -0.15) is 0 Å². The van der Waals surface area contributed by atoms with E-state index in [1.165, 1.54) is 12.8 Å². The van der Waals surface area contributed by atoms with Gasteiger partial charge in [0.15, 0.2) is 0 Å². The van der Waals surface area contributed by atoms with E-state index in [-0.39, 0.29) is 5.91 Å². The molecule has 21 heavy (non-hydrogen) atoms. The van der Waals surface area contributed by atoms with Gasteiger partial charge >= 0.3 is 0 Å². The molecule has 1 aromatic rings. The molecule has 1 saturated heterocycles. The number of carbonyl (C=O) groups is 1. The Balaban J connectivity index is 2.15. The lowest BCUT2D eigenvalue weighted by Gasteiger charge is -2.30. The molecule has 4 nitrogen and oxygen atoms in total. The lowest BCUT2D eigenvalue weighted by molar-refractivity contribution is 0.0655. The maximum absolute atomic E-state index is 12.8. The van der Waals surface area contributed by atoms with Crippen molar-refractivity contribution in [1.29, 1.82) is 0 Å². The summed E-state index contributed by atoms with van der Waals surface area (Å²) < 4.78 is 2.00. The number of hydrogen-bond acceptors (Lipinski definition) is 2. The van der Waals surface area contributed by atoms with E-state index < -0.39 is 0 Å². The number of rotatable bonds is 4. The first-order valence-corrected chi connectivity index (χ1v) is 8.33. The van der Waals surface area contributed by atoms with Crippen LogP contribution in [0.25, 0.3) is 0 Å². The fourth-order valence-electron chi connectivity index (χ4n) is 3.11. The van der Waals surface area contributed by atoms with Crippen molar-refractivity contribution in [2.45, 2.75) is 71.9 Å². The number of aromatic nitrogens is 2. The highest BCUT2D eigenvalue weighted by Gasteiger charge is 2.28. The molecule has 1 aliphatic heterocycles. The van der Waals surface area contributed by atoms with E-state index in [0.29, 0.717) is 23.7 Å². The highest BCUT2D eigenvalue weighted by atomic mass is 16.2. The first-order valence-electron chi connectivity index (χ1n) is 8.33. The van der Waals surface area contributed by atoms with Crippen LogP contribution >= 0.6 is 0 Å². The van der Waals surface area contributed by atoms with Crippen molar-refractivity contribution < 1.29 is 4.79 Å². The molecule has 1 atom stereocenters. The SMILES string of the molecule is CC(C)C[C@@H]1CCCCCN1C(=O)c1cn(C(C)C)cn1. The van der Waals surface area contributed by atoms with Gasteiger partial charge in [0.2, 0.25) is 0 Å². The van der Waals surface area contributed by atoms with Gasteiger partial charge in [-0.15, -0.1) is 0 Å². The fourth-order valence-corrected chi connectivity index (χ4v) is 3.11. The second-order valence-corrected chi connectivity index (χ2v) is 6.93. The molecular weight excluding hydrogens is 262 g/mol. The number of amides is 1. The summed E-state index contributed by atoms with van der Waals surface area (Å²) >= 11 is 0. The molecule has 0 spiro atoms. The van der Waals surface area contributed by atoms with E-state index in [1.54, 1.807) is 6.33 Å². The largest absolute Gasteiger partial charge is 0.334 e. The summed E-state index contributed by atoms with van der Waals surface area (Å²) in [6.45, 7) is 9.56. The molecule has 0 saturated carbocycles. The van der Waals surface area contributed by atoms with Gasteiger partial charge in [0, 0.05) is 24.8 Å². The van der Waals surface area contributed by atoms with E-state index in [2.05, 4.69) is 37.6 Å². The number of imidazole rings is 1. The van der Waals surface area contributed by atoms with Crippen molar-refractivity contribution >= 4 is 5.91 Å². The molecule has 0 aliphatic carbocycles. The van der Waals surface area contributed by atoms with Crippen LogP contribution < -0.4 is 0 Å². The average molecular weight is 291 g/mol. The highest BCUT2D eigenvalue weighted by Crippen LogP contribution is 2.24. The Morgan fingerprint density at radius 2 is 2.05 bits per heavy atom. The van der Waals surface area contributed by atoms with Gasteiger partial charge in [0.1, 0.15) is 5.69 Å². The number of likely N-dealkylation sites (tertiary alicyclic amines) is 1. The maximum atomic E-state index is 12.8. The molecule has 0 unspecified atom stereocenters. The van der Waals surface area contributed by atoms with Gasteiger partial charge in [0.25, 0.3) is 5.91 Å². The van der Waals surface area contributed by atoms with Crippen LogP contribution in [-0.2, 0) is 0 Å². The third-order valence-corrected chi connectivity index (χ3v) is 4.30. The summed E-state index contributed by atoms with van der Waals surface area (Å²) in [6, 6.07) is 0.721. The van der Waals surface area contributed by atoms with Gasteiger partial charge in [-0.25, -0.2) is 4.98 Å². The van der Waals surface area contributed by atoms with Gasteiger partial charge in [-0.1, -0.05) is 26.7 Å². The average Bonchev–Trinajstić information content (AvgIpc) is 2.80. The Hall–Kier alpha value is -1.32. The molecule has 1 aromatic heterocycles. The first kappa shape index (κ1) is 16.1. The van der Waals surface area contributed by atoms with E-state index in [4.69, 9.17) is 0 Å². The predicted molar refractivity (Wildman–Crippen MR) is 85.4 cm³/mol. The van der Waals surface area contributed by atoms with Gasteiger partial charge in [0.05, 0.1) is 6.33 Å². The Morgan fingerprint density at radius 3 is 2.67 bits per heavy atom. The lowest BCUT2D eigenvalue weighted by atomic mass is 9.98. The zero-order valence-electron chi connectivity index (χ0n) is 13.9. The van der Waals surface area contributed by atoms with Crippen molar-refractivity contribution in [1.82, 2.24) is 14.5 Å². The molecule has 0 bridgehead atoms. The zero-order valence-corrected chi connectivity index (χ0v) is 13.9. The Bertz CT molecular complexity index is 464. The Morgan fingerprint density at radius 1 is 1.29 bits per heavy atom. The van der Waals surface area contributed by atoms with Crippen LogP contribution in [0.15, 0.2) is 12.5 Å². The van der Waals surface area contributed by atoms with Crippen LogP contribution in [0.2, 0.25) is 0 Å². The van der Waals surface area contributed by atoms with Gasteiger partial charge in [-0.05, 0) is 39.0 Å². The maximum Gasteiger partial charge on any atom is 0.274 e. The summed E-state index contributed by atoms with van der Waals surface area (Å²) in [6.07, 6.45) is 9.48. The smallest absolute Gasteiger partial charge is 0.274 e. The fraction of sp³-hybridized carbons (Fsp3) is 0.765. The van der Waals surface area contributed by atoms with Gasteiger partial charge < -0.3 is 9.47 Å². The van der Waals surface area contributed by atoms with Crippen LogP contribution in [0.5, 0.6) is 0 Å². The number of hydrogen-bond donors (Lipinski definition) is 0. The summed E-state index contributed by atoms with van der Waals surface area (Å²) in [7, 11) is 0. The summed E-state index contributed by atoms with van der Waals surface area (Å²) in [5, 5.41) is 0. The molecule has 4 heteroatoms. The molecule has 2 heterocycles. The molecular formula is C17H29N3O. The summed E-state index contributed by atoms with van der Waals surface area (Å²) in [5.74, 6) is 0.735. The number of carbonyl (C=O) groups excluding carboxylic acids is 1. The van der Waals surface area contributed by atoms with Crippen molar-refractivity contribution in [3.05, 3.63) is 18.2 Å². The standard InChI is InChI=1S/C17H29N3O/c1-13(2)10-15-8-6-5-7-9-20(15)17(21)16-11-19(12-18-16)14(3)4/h11-15H,5-10H2,1-4H3/t15-/m0/s1. The third-order valence-electron chi connectivity index (χ3n) is 4.30. The summed E-state index contributed by atoms with van der Waals surface area (Å²) in [5.41, 5.74) is 0.597. The minimum Gasteiger partial charge on any atom is -0.334 e. The van der Waals surface area contributed by atoms with Crippen LogP contribution in [0, 0.1) is 5.92 Å². The molecule has 2 rings (SSSR count). The second kappa shape index (κ2) is 7.10. The lowest BCUT2D eigenvalue weighted by Crippen LogP contribution is -2.41. The quantitative estimate of drug-likeness (QED) is 0.844. The molecule has 1 fully saturated rings. The van der Waals surface area contributed by atoms with E-state index in [1.807, 2.05) is 10.8 Å². The van der Waals surface area contributed by atoms with Crippen LogP contribution in [0.4, 0.5) is 0 Å². The van der Waals surface area contributed by atoms with Crippen LogP contribution in [-0.4, -0.2) is 32.9 Å². The Kier molecular flexibility index (Phi) is 5.43.